The molecule has 0 unspecified atom stereocenters. The molecule has 0 saturated heterocycles. The Hall–Kier alpha value is -4.24. The van der Waals surface area contributed by atoms with Crippen LogP contribution in [0.2, 0.25) is 0 Å². The minimum absolute atomic E-state index is 0.756. The van der Waals surface area contributed by atoms with Crippen molar-refractivity contribution in [3.63, 3.8) is 0 Å². The highest BCUT2D eigenvalue weighted by Crippen LogP contribution is 2.39. The van der Waals surface area contributed by atoms with E-state index in [0.717, 1.165) is 55.2 Å². The van der Waals surface area contributed by atoms with E-state index in [1.807, 2.05) is 30.3 Å². The van der Waals surface area contributed by atoms with E-state index in [4.69, 9.17) is 12.3 Å². The van der Waals surface area contributed by atoms with E-state index >= 15 is 0 Å². The van der Waals surface area contributed by atoms with Gasteiger partial charge in [-0.25, -0.2) is 0 Å². The highest BCUT2D eigenvalue weighted by Gasteiger charge is 2.16. The zero-order valence-electron chi connectivity index (χ0n) is 17.8. The van der Waals surface area contributed by atoms with Gasteiger partial charge in [-0.1, -0.05) is 78.3 Å². The molecule has 2 nitrogen and oxygen atoms in total. The van der Waals surface area contributed by atoms with Crippen molar-refractivity contribution < 1.29 is 4.42 Å². The van der Waals surface area contributed by atoms with E-state index in [9.17, 15) is 0 Å². The van der Waals surface area contributed by atoms with Crippen LogP contribution < -0.4 is 5.46 Å². The van der Waals surface area contributed by atoms with Gasteiger partial charge in [-0.05, 0) is 42.0 Å². The van der Waals surface area contributed by atoms with E-state index in [1.165, 1.54) is 10.8 Å². The van der Waals surface area contributed by atoms with Gasteiger partial charge in [-0.15, -0.1) is 0 Å². The van der Waals surface area contributed by atoms with Crippen molar-refractivity contribution in [2.45, 2.75) is 0 Å². The molecule has 2 heterocycles. The lowest BCUT2D eigenvalue weighted by Gasteiger charge is -2.09. The van der Waals surface area contributed by atoms with Crippen molar-refractivity contribution in [1.29, 1.82) is 0 Å². The summed E-state index contributed by atoms with van der Waals surface area (Å²) in [6.45, 7) is 0. The Morgan fingerprint density at radius 3 is 2.24 bits per heavy atom. The van der Waals surface area contributed by atoms with Crippen molar-refractivity contribution in [3.05, 3.63) is 109 Å². The molecule has 0 N–H and O–H groups in total. The summed E-state index contributed by atoms with van der Waals surface area (Å²) in [5.41, 5.74) is 8.23. The zero-order valence-corrected chi connectivity index (χ0v) is 17.8. The molecular weight excluding hydrogens is 401 g/mol. The van der Waals surface area contributed by atoms with Crippen LogP contribution in [0.15, 0.2) is 114 Å². The number of para-hydroxylation sites is 3. The maximum Gasteiger partial charge on any atom is 0.143 e. The maximum absolute atomic E-state index is 6.31. The van der Waals surface area contributed by atoms with Gasteiger partial charge < -0.3 is 8.98 Å². The Labute approximate surface area is 192 Å². The van der Waals surface area contributed by atoms with Gasteiger partial charge in [0.15, 0.2) is 0 Å². The van der Waals surface area contributed by atoms with Crippen LogP contribution in [-0.4, -0.2) is 12.4 Å². The first-order chi connectivity index (χ1) is 16.3. The van der Waals surface area contributed by atoms with Crippen LogP contribution in [0.1, 0.15) is 0 Å². The number of furan rings is 1. The van der Waals surface area contributed by atoms with Crippen molar-refractivity contribution in [1.82, 2.24) is 4.57 Å². The maximum atomic E-state index is 6.31. The largest absolute Gasteiger partial charge is 0.455 e. The third-order valence-corrected chi connectivity index (χ3v) is 6.52. The average molecular weight is 419 g/mol. The number of nitrogens with zero attached hydrogens (tertiary/aromatic N) is 1. The molecule has 0 aliphatic carbocycles. The molecule has 33 heavy (non-hydrogen) atoms. The first kappa shape index (κ1) is 18.3. The molecule has 3 heteroatoms. The Balaban J connectivity index is 1.53. The molecule has 152 valence electrons. The van der Waals surface area contributed by atoms with Gasteiger partial charge in [0.25, 0.3) is 0 Å². The van der Waals surface area contributed by atoms with E-state index in [1.54, 1.807) is 0 Å². The second-order valence-corrected chi connectivity index (χ2v) is 8.46. The smallest absolute Gasteiger partial charge is 0.143 e. The van der Waals surface area contributed by atoms with Crippen LogP contribution in [0.5, 0.6) is 0 Å². The third kappa shape index (κ3) is 2.69. The number of hydrogen-bond acceptors (Lipinski definition) is 1. The molecule has 2 aromatic heterocycles. The quantitative estimate of drug-likeness (QED) is 0.272. The highest BCUT2D eigenvalue weighted by atomic mass is 16.3. The monoisotopic (exact) mass is 419 g/mol. The van der Waals surface area contributed by atoms with Crippen LogP contribution in [-0.2, 0) is 0 Å². The number of fused-ring (bicyclic) bond motifs is 6. The van der Waals surface area contributed by atoms with Crippen LogP contribution in [0.25, 0.3) is 60.6 Å². The van der Waals surface area contributed by atoms with E-state index in [-0.39, 0.29) is 0 Å². The summed E-state index contributed by atoms with van der Waals surface area (Å²) in [5, 5.41) is 4.71. The molecule has 0 aliphatic rings. The Kier molecular flexibility index (Phi) is 3.83. The summed E-state index contributed by atoms with van der Waals surface area (Å²) in [6.07, 6.45) is 0. The fourth-order valence-electron chi connectivity index (χ4n) is 5.06. The van der Waals surface area contributed by atoms with Crippen LogP contribution in [0, 0.1) is 0 Å². The van der Waals surface area contributed by atoms with Crippen LogP contribution in [0.3, 0.4) is 0 Å². The number of rotatable bonds is 2. The molecule has 0 saturated carbocycles. The standard InChI is InChI=1S/C30H18BNO/c31-20-7-5-8-21(18-20)32-27-13-3-1-9-23(27)26-17-19(15-16-28(26)32)22-11-6-12-25-24-10-2-4-14-29(24)33-30(22)25/h1-18H. The molecule has 0 atom stereocenters. The number of benzene rings is 5. The van der Waals surface area contributed by atoms with E-state index in [0.29, 0.717) is 0 Å². The summed E-state index contributed by atoms with van der Waals surface area (Å²) in [4.78, 5) is 0. The van der Waals surface area contributed by atoms with E-state index < -0.39 is 0 Å². The second-order valence-electron chi connectivity index (χ2n) is 8.46. The lowest BCUT2D eigenvalue weighted by atomic mass is 9.96. The van der Waals surface area contributed by atoms with Crippen molar-refractivity contribution in [2.75, 3.05) is 0 Å². The highest BCUT2D eigenvalue weighted by molar-refractivity contribution is 6.32. The molecule has 5 aromatic carbocycles. The predicted octanol–water partition coefficient (Wildman–Crippen LogP) is 7.14. The Bertz CT molecular complexity index is 1840. The summed E-state index contributed by atoms with van der Waals surface area (Å²) in [5.74, 6) is 0. The van der Waals surface area contributed by atoms with Gasteiger partial charge in [0.2, 0.25) is 0 Å². The van der Waals surface area contributed by atoms with E-state index in [2.05, 4.69) is 83.4 Å². The molecule has 0 fully saturated rings. The summed E-state index contributed by atoms with van der Waals surface area (Å²) in [7, 11) is 6.11. The van der Waals surface area contributed by atoms with Gasteiger partial charge >= 0.3 is 0 Å². The topological polar surface area (TPSA) is 18.1 Å². The zero-order chi connectivity index (χ0) is 21.9. The first-order valence-corrected chi connectivity index (χ1v) is 11.1. The van der Waals surface area contributed by atoms with Gasteiger partial charge in [0.1, 0.15) is 19.0 Å². The Morgan fingerprint density at radius 1 is 0.576 bits per heavy atom. The molecular formula is C30H18BNO. The lowest BCUT2D eigenvalue weighted by Crippen LogP contribution is -2.04. The molecule has 0 aliphatic heterocycles. The fraction of sp³-hybridized carbons (Fsp3) is 0. The van der Waals surface area contributed by atoms with Gasteiger partial charge in [-0.3, -0.25) is 0 Å². The third-order valence-electron chi connectivity index (χ3n) is 6.52. The summed E-state index contributed by atoms with van der Waals surface area (Å²) in [6, 6.07) is 37.9. The molecule has 0 spiro atoms. The minimum Gasteiger partial charge on any atom is -0.455 e. The van der Waals surface area contributed by atoms with Crippen LogP contribution in [0.4, 0.5) is 0 Å². The summed E-state index contributed by atoms with van der Waals surface area (Å²) < 4.78 is 8.59. The Morgan fingerprint density at radius 2 is 1.33 bits per heavy atom. The summed E-state index contributed by atoms with van der Waals surface area (Å²) >= 11 is 0. The van der Waals surface area contributed by atoms with Gasteiger partial charge in [0.05, 0.1) is 11.0 Å². The van der Waals surface area contributed by atoms with Crippen molar-refractivity contribution in [3.8, 4) is 16.8 Å². The van der Waals surface area contributed by atoms with Gasteiger partial charge in [0, 0.05) is 32.8 Å². The first-order valence-electron chi connectivity index (χ1n) is 11.1. The predicted molar refractivity (Wildman–Crippen MR) is 139 cm³/mol. The molecule has 7 rings (SSSR count). The van der Waals surface area contributed by atoms with Crippen molar-refractivity contribution in [2.24, 2.45) is 0 Å². The average Bonchev–Trinajstić information content (AvgIpc) is 3.39. The van der Waals surface area contributed by atoms with Gasteiger partial charge in [-0.2, -0.15) is 0 Å². The molecule has 7 aromatic rings. The molecule has 0 bridgehead atoms. The SMILES string of the molecule is [B]c1cccc(-n2c3ccccc3c3cc(-c4cccc5c4oc4ccccc45)ccc32)c1. The fourth-order valence-corrected chi connectivity index (χ4v) is 5.06. The number of hydrogen-bond donors (Lipinski definition) is 0. The second kappa shape index (κ2) is 6.88. The minimum atomic E-state index is 0.756. The normalized spacial score (nSPS) is 11.8. The lowest BCUT2D eigenvalue weighted by molar-refractivity contribution is 0.670. The van der Waals surface area contributed by atoms with Crippen molar-refractivity contribution >= 4 is 57.1 Å². The van der Waals surface area contributed by atoms with Crippen LogP contribution >= 0.6 is 0 Å². The molecule has 0 amide bonds. The number of aromatic nitrogens is 1. The molecule has 2 radical (unpaired) electrons.